The molecule has 1 amide bonds. The fraction of sp³-hybridized carbons (Fsp3) is 0.875. The highest BCUT2D eigenvalue weighted by Gasteiger charge is 2.42. The Morgan fingerprint density at radius 3 is 2.25 bits per heavy atom. The largest absolute Gasteiger partial charge is 0.480 e. The van der Waals surface area contributed by atoms with Gasteiger partial charge in [-0.2, -0.15) is 0 Å². The summed E-state index contributed by atoms with van der Waals surface area (Å²) in [5, 5.41) is 9.23. The maximum absolute atomic E-state index is 12.7. The zero-order chi connectivity index (χ0) is 17.9. The Balaban J connectivity index is 1.95. The third-order valence-corrected chi connectivity index (χ3v) is 6.88. The molecule has 2 aliphatic rings. The number of rotatable bonds is 8. The predicted octanol–water partition coefficient (Wildman–Crippen LogP) is 1.29. The van der Waals surface area contributed by atoms with Crippen molar-refractivity contribution in [2.45, 2.75) is 64.5 Å². The molecular weight excluding hydrogens is 332 g/mol. The molecule has 8 heteroatoms. The van der Waals surface area contributed by atoms with Crippen molar-refractivity contribution in [3.8, 4) is 0 Å². The van der Waals surface area contributed by atoms with Crippen molar-refractivity contribution in [2.24, 2.45) is 5.92 Å². The van der Waals surface area contributed by atoms with Gasteiger partial charge in [0.1, 0.15) is 6.04 Å². The van der Waals surface area contributed by atoms with Gasteiger partial charge in [0.25, 0.3) is 0 Å². The van der Waals surface area contributed by atoms with E-state index in [1.807, 2.05) is 6.92 Å². The van der Waals surface area contributed by atoms with E-state index in [9.17, 15) is 23.1 Å². The van der Waals surface area contributed by atoms with Gasteiger partial charge >= 0.3 is 5.97 Å². The molecule has 0 aromatic rings. The van der Waals surface area contributed by atoms with Crippen LogP contribution >= 0.6 is 0 Å². The van der Waals surface area contributed by atoms with Crippen molar-refractivity contribution in [1.29, 1.82) is 0 Å². The Bertz CT molecular complexity index is 565. The highest BCUT2D eigenvalue weighted by molar-refractivity contribution is 7.89. The van der Waals surface area contributed by atoms with Gasteiger partial charge in [-0.1, -0.05) is 13.3 Å². The molecule has 1 heterocycles. The molecule has 1 aliphatic heterocycles. The van der Waals surface area contributed by atoms with E-state index in [4.69, 9.17) is 0 Å². The average Bonchev–Trinajstić information content (AvgIpc) is 3.38. The Hall–Kier alpha value is -1.15. The van der Waals surface area contributed by atoms with Crippen molar-refractivity contribution < 1.29 is 23.1 Å². The molecule has 0 bridgehead atoms. The van der Waals surface area contributed by atoms with E-state index in [-0.39, 0.29) is 23.6 Å². The number of carboxylic acids is 1. The lowest BCUT2D eigenvalue weighted by Gasteiger charge is -2.35. The van der Waals surface area contributed by atoms with Crippen LogP contribution < -0.4 is 0 Å². The lowest BCUT2D eigenvalue weighted by atomic mass is 9.95. The molecule has 138 valence electrons. The number of hydrogen-bond acceptors (Lipinski definition) is 4. The number of carboxylic acid groups (broad SMARTS) is 1. The first kappa shape index (κ1) is 19.2. The third kappa shape index (κ3) is 4.47. The van der Waals surface area contributed by atoms with Gasteiger partial charge in [-0.25, -0.2) is 17.5 Å². The Kier molecular flexibility index (Phi) is 6.25. The first-order valence-corrected chi connectivity index (χ1v) is 10.4. The molecule has 0 aromatic carbocycles. The van der Waals surface area contributed by atoms with Crippen molar-refractivity contribution in [3.05, 3.63) is 0 Å². The Morgan fingerprint density at radius 1 is 1.21 bits per heavy atom. The van der Waals surface area contributed by atoms with Crippen LogP contribution in [0.15, 0.2) is 0 Å². The van der Waals surface area contributed by atoms with Gasteiger partial charge in [-0.15, -0.1) is 0 Å². The molecule has 24 heavy (non-hydrogen) atoms. The van der Waals surface area contributed by atoms with E-state index in [0.29, 0.717) is 32.4 Å². The van der Waals surface area contributed by atoms with E-state index >= 15 is 0 Å². The first-order valence-electron chi connectivity index (χ1n) is 8.80. The van der Waals surface area contributed by atoms with E-state index in [2.05, 4.69) is 0 Å². The number of sulfonamides is 1. The second kappa shape index (κ2) is 7.82. The molecule has 1 N–H and O–H groups in total. The first-order chi connectivity index (χ1) is 11.3. The van der Waals surface area contributed by atoms with Crippen LogP contribution in [0.1, 0.15) is 52.4 Å². The quantitative estimate of drug-likeness (QED) is 0.704. The maximum atomic E-state index is 12.7. The molecule has 0 spiro atoms. The van der Waals surface area contributed by atoms with Gasteiger partial charge in [0.2, 0.25) is 15.9 Å². The van der Waals surface area contributed by atoms with Gasteiger partial charge < -0.3 is 10.0 Å². The topological polar surface area (TPSA) is 95.0 Å². The lowest BCUT2D eigenvalue weighted by molar-refractivity contribution is -0.152. The number of hydrogen-bond donors (Lipinski definition) is 1. The summed E-state index contributed by atoms with van der Waals surface area (Å²) in [7, 11) is -3.23. The van der Waals surface area contributed by atoms with Crippen molar-refractivity contribution >= 4 is 21.9 Å². The molecule has 2 rings (SSSR count). The van der Waals surface area contributed by atoms with E-state index in [0.717, 1.165) is 19.3 Å². The van der Waals surface area contributed by atoms with Crippen LogP contribution in [0, 0.1) is 5.92 Å². The summed E-state index contributed by atoms with van der Waals surface area (Å²) in [6.45, 7) is 4.20. The Labute approximate surface area is 144 Å². The minimum Gasteiger partial charge on any atom is -0.480 e. The van der Waals surface area contributed by atoms with Gasteiger partial charge in [0, 0.05) is 25.0 Å². The summed E-state index contributed by atoms with van der Waals surface area (Å²) in [4.78, 5) is 25.5. The molecule has 1 atom stereocenters. The van der Waals surface area contributed by atoms with Crippen molar-refractivity contribution in [2.75, 3.05) is 18.8 Å². The number of carbonyl (C=O) groups is 2. The average molecular weight is 360 g/mol. The second-order valence-electron chi connectivity index (χ2n) is 6.83. The molecule has 0 aromatic heterocycles. The summed E-state index contributed by atoms with van der Waals surface area (Å²) in [6, 6.07) is -0.786. The maximum Gasteiger partial charge on any atom is 0.326 e. The highest BCUT2D eigenvalue weighted by atomic mass is 32.2. The molecule has 1 saturated carbocycles. The molecule has 1 unspecified atom stereocenters. The number of piperidine rings is 1. The van der Waals surface area contributed by atoms with Crippen LogP contribution in [0.3, 0.4) is 0 Å². The number of carbonyl (C=O) groups excluding carboxylic acids is 1. The Morgan fingerprint density at radius 2 is 1.79 bits per heavy atom. The summed E-state index contributed by atoms with van der Waals surface area (Å²) < 4.78 is 25.9. The van der Waals surface area contributed by atoms with Crippen LogP contribution in [0.2, 0.25) is 0 Å². The number of unbranched alkanes of at least 4 members (excludes halogenated alkanes) is 1. The van der Waals surface area contributed by atoms with E-state index in [1.165, 1.54) is 9.21 Å². The monoisotopic (exact) mass is 360 g/mol. The summed E-state index contributed by atoms with van der Waals surface area (Å²) in [6.07, 6.45) is 4.13. The van der Waals surface area contributed by atoms with E-state index in [1.54, 1.807) is 6.92 Å². The van der Waals surface area contributed by atoms with Gasteiger partial charge in [0.15, 0.2) is 0 Å². The SMILES string of the molecule is CCCCS(=O)(=O)N1CCC(C(=O)N(C2CC2)C(C)C(=O)O)CC1. The summed E-state index contributed by atoms with van der Waals surface area (Å²) in [5.74, 6) is -1.23. The number of aliphatic carboxylic acids is 1. The summed E-state index contributed by atoms with van der Waals surface area (Å²) >= 11 is 0. The molecular formula is C16H28N2O5S. The second-order valence-corrected chi connectivity index (χ2v) is 8.92. The van der Waals surface area contributed by atoms with Crippen LogP contribution in [-0.4, -0.2) is 65.5 Å². The fourth-order valence-corrected chi connectivity index (χ4v) is 4.89. The van der Waals surface area contributed by atoms with E-state index < -0.39 is 22.0 Å². The minimum atomic E-state index is -3.23. The predicted molar refractivity (Wildman–Crippen MR) is 90.0 cm³/mol. The molecule has 2 fully saturated rings. The fourth-order valence-electron chi connectivity index (χ4n) is 3.21. The zero-order valence-electron chi connectivity index (χ0n) is 14.5. The highest BCUT2D eigenvalue weighted by Crippen LogP contribution is 2.32. The van der Waals surface area contributed by atoms with Gasteiger partial charge in [0.05, 0.1) is 5.75 Å². The molecule has 7 nitrogen and oxygen atoms in total. The van der Waals surface area contributed by atoms with Crippen LogP contribution in [0.25, 0.3) is 0 Å². The third-order valence-electron chi connectivity index (χ3n) is 4.92. The molecule has 1 aliphatic carbocycles. The normalized spacial score (nSPS) is 21.4. The standard InChI is InChI=1S/C16H28N2O5S/c1-3-4-11-24(22,23)17-9-7-13(8-10-17)15(19)18(14-5-6-14)12(2)16(20)21/h12-14H,3-11H2,1-2H3,(H,20,21). The molecule has 0 radical (unpaired) electrons. The van der Waals surface area contributed by atoms with Gasteiger partial charge in [-0.3, -0.25) is 4.79 Å². The van der Waals surface area contributed by atoms with Crippen LogP contribution in [-0.2, 0) is 19.6 Å². The summed E-state index contributed by atoms with van der Waals surface area (Å²) in [5.41, 5.74) is 0. The van der Waals surface area contributed by atoms with Crippen LogP contribution in [0.5, 0.6) is 0 Å². The van der Waals surface area contributed by atoms with Gasteiger partial charge in [-0.05, 0) is 39.0 Å². The van der Waals surface area contributed by atoms with Crippen molar-refractivity contribution in [1.82, 2.24) is 9.21 Å². The minimum absolute atomic E-state index is 0.0370. The smallest absolute Gasteiger partial charge is 0.326 e. The number of amides is 1. The number of nitrogens with zero attached hydrogens (tertiary/aromatic N) is 2. The van der Waals surface area contributed by atoms with Crippen LogP contribution in [0.4, 0.5) is 0 Å². The zero-order valence-corrected chi connectivity index (χ0v) is 15.3. The molecule has 1 saturated heterocycles. The van der Waals surface area contributed by atoms with Crippen molar-refractivity contribution in [3.63, 3.8) is 0 Å². The lowest BCUT2D eigenvalue weighted by Crippen LogP contribution is -2.50.